The lowest BCUT2D eigenvalue weighted by Crippen LogP contribution is -2.16. The third-order valence-corrected chi connectivity index (χ3v) is 4.56. The van der Waals surface area contributed by atoms with Crippen molar-refractivity contribution in [2.45, 2.75) is 39.8 Å². The topological polar surface area (TPSA) is 56.8 Å². The van der Waals surface area contributed by atoms with Crippen LogP contribution in [0.5, 0.6) is 17.2 Å². The van der Waals surface area contributed by atoms with Crippen LogP contribution in [0.3, 0.4) is 0 Å². The Morgan fingerprint density at radius 2 is 1.81 bits per heavy atom. The Hall–Kier alpha value is -2.53. The number of ether oxygens (including phenoxy) is 3. The molecular formula is C21H25NO4. The van der Waals surface area contributed by atoms with E-state index >= 15 is 0 Å². The summed E-state index contributed by atoms with van der Waals surface area (Å²) in [6.45, 7) is 5.92. The summed E-state index contributed by atoms with van der Waals surface area (Å²) < 4.78 is 17.3. The maximum atomic E-state index is 13.0. The van der Waals surface area contributed by atoms with Crippen molar-refractivity contribution in [3.63, 3.8) is 0 Å². The Labute approximate surface area is 154 Å². The number of nitrogens with one attached hydrogen (secondary N) is 1. The van der Waals surface area contributed by atoms with E-state index in [1.54, 1.807) is 19.2 Å². The van der Waals surface area contributed by atoms with E-state index in [0.29, 0.717) is 36.8 Å². The van der Waals surface area contributed by atoms with E-state index in [2.05, 4.69) is 12.2 Å². The number of para-hydroxylation sites is 1. The number of unbranched alkanes of at least 4 members (excludes halogenated alkanes) is 1. The van der Waals surface area contributed by atoms with Gasteiger partial charge in [0.2, 0.25) is 0 Å². The lowest BCUT2D eigenvalue weighted by atomic mass is 9.97. The zero-order valence-electron chi connectivity index (χ0n) is 15.6. The molecule has 0 spiro atoms. The van der Waals surface area contributed by atoms with Crippen molar-refractivity contribution in [1.82, 2.24) is 5.32 Å². The summed E-state index contributed by atoms with van der Waals surface area (Å²) in [5.74, 6) is 1.44. The number of benzene rings is 2. The van der Waals surface area contributed by atoms with E-state index in [1.807, 2.05) is 25.1 Å². The first-order valence-electron chi connectivity index (χ1n) is 9.00. The van der Waals surface area contributed by atoms with Gasteiger partial charge in [0.15, 0.2) is 0 Å². The number of fused-ring (bicyclic) bond motifs is 1. The molecule has 1 N–H and O–H groups in total. The van der Waals surface area contributed by atoms with Crippen molar-refractivity contribution in [2.24, 2.45) is 0 Å². The standard InChI is InChI=1S/C21H25NO4/c1-4-5-11-25-20-17-13-22-12-16(17)19(24-3)14(2)18(20)21(23)26-15-9-7-6-8-10-15/h6-10,22H,4-5,11-13H2,1-3H3. The molecule has 2 aromatic carbocycles. The third kappa shape index (κ3) is 3.53. The van der Waals surface area contributed by atoms with E-state index < -0.39 is 5.97 Å². The molecule has 2 aromatic rings. The fourth-order valence-corrected chi connectivity index (χ4v) is 3.27. The number of esters is 1. The van der Waals surface area contributed by atoms with Crippen molar-refractivity contribution in [3.05, 3.63) is 52.6 Å². The van der Waals surface area contributed by atoms with E-state index in [-0.39, 0.29) is 0 Å². The van der Waals surface area contributed by atoms with E-state index in [1.165, 1.54) is 0 Å². The van der Waals surface area contributed by atoms with Crippen molar-refractivity contribution < 1.29 is 19.0 Å². The van der Waals surface area contributed by atoms with Crippen LogP contribution in [0.1, 0.15) is 46.8 Å². The lowest BCUT2D eigenvalue weighted by molar-refractivity contribution is 0.0728. The van der Waals surface area contributed by atoms with Crippen LogP contribution in [0.25, 0.3) is 0 Å². The van der Waals surface area contributed by atoms with Crippen LogP contribution >= 0.6 is 0 Å². The minimum atomic E-state index is -0.423. The molecule has 26 heavy (non-hydrogen) atoms. The van der Waals surface area contributed by atoms with E-state index in [4.69, 9.17) is 14.2 Å². The average Bonchev–Trinajstić information content (AvgIpc) is 3.12. The molecule has 1 aliphatic heterocycles. The van der Waals surface area contributed by atoms with Gasteiger partial charge in [0.25, 0.3) is 0 Å². The maximum Gasteiger partial charge on any atom is 0.347 e. The molecule has 0 aromatic heterocycles. The first-order chi connectivity index (χ1) is 12.7. The van der Waals surface area contributed by atoms with Gasteiger partial charge in [-0.15, -0.1) is 0 Å². The Bertz CT molecular complexity index is 787. The van der Waals surface area contributed by atoms with Crippen molar-refractivity contribution in [3.8, 4) is 17.2 Å². The number of carbonyl (C=O) groups is 1. The van der Waals surface area contributed by atoms with Gasteiger partial charge in [0, 0.05) is 29.8 Å². The Balaban J connectivity index is 2.04. The summed E-state index contributed by atoms with van der Waals surface area (Å²) in [4.78, 5) is 13.0. The highest BCUT2D eigenvalue weighted by Crippen LogP contribution is 2.41. The number of carbonyl (C=O) groups excluding carboxylic acids is 1. The van der Waals surface area contributed by atoms with E-state index in [9.17, 15) is 4.79 Å². The number of hydrogen-bond acceptors (Lipinski definition) is 5. The molecule has 0 unspecified atom stereocenters. The fourth-order valence-electron chi connectivity index (χ4n) is 3.27. The highest BCUT2D eigenvalue weighted by molar-refractivity contribution is 5.97. The summed E-state index contributed by atoms with van der Waals surface area (Å²) in [6, 6.07) is 9.07. The first kappa shape index (κ1) is 18.3. The second kappa shape index (κ2) is 8.23. The highest BCUT2D eigenvalue weighted by Gasteiger charge is 2.30. The van der Waals surface area contributed by atoms with Crippen LogP contribution in [0.15, 0.2) is 30.3 Å². The molecule has 0 radical (unpaired) electrons. The summed E-state index contributed by atoms with van der Waals surface area (Å²) in [7, 11) is 1.63. The monoisotopic (exact) mass is 355 g/mol. The summed E-state index contributed by atoms with van der Waals surface area (Å²) in [6.07, 6.45) is 1.96. The van der Waals surface area contributed by atoms with Gasteiger partial charge in [-0.2, -0.15) is 0 Å². The average molecular weight is 355 g/mol. The zero-order valence-corrected chi connectivity index (χ0v) is 15.6. The third-order valence-electron chi connectivity index (χ3n) is 4.56. The normalized spacial score (nSPS) is 12.6. The molecule has 3 rings (SSSR count). The largest absolute Gasteiger partial charge is 0.496 e. The van der Waals surface area contributed by atoms with Crippen LogP contribution in [-0.2, 0) is 13.1 Å². The lowest BCUT2D eigenvalue weighted by Gasteiger charge is -2.20. The predicted molar refractivity (Wildman–Crippen MR) is 100 cm³/mol. The summed E-state index contributed by atoms with van der Waals surface area (Å²) in [5, 5.41) is 3.32. The van der Waals surface area contributed by atoms with Gasteiger partial charge in [-0.1, -0.05) is 31.5 Å². The second-order valence-electron chi connectivity index (χ2n) is 6.33. The zero-order chi connectivity index (χ0) is 18.5. The molecule has 0 bridgehead atoms. The van der Waals surface area contributed by atoms with Gasteiger partial charge in [-0.25, -0.2) is 4.79 Å². The SMILES string of the molecule is CCCCOc1c2c(c(OC)c(C)c1C(=O)Oc1ccccc1)CNC2. The molecule has 0 atom stereocenters. The van der Waals surface area contributed by atoms with Gasteiger partial charge >= 0.3 is 5.97 Å². The first-order valence-corrected chi connectivity index (χ1v) is 9.00. The maximum absolute atomic E-state index is 13.0. The van der Waals surface area contributed by atoms with Crippen molar-refractivity contribution >= 4 is 5.97 Å². The molecule has 138 valence electrons. The van der Waals surface area contributed by atoms with Gasteiger partial charge in [0.1, 0.15) is 22.8 Å². The number of methoxy groups -OCH3 is 1. The minimum Gasteiger partial charge on any atom is -0.496 e. The molecule has 0 aliphatic carbocycles. The quantitative estimate of drug-likeness (QED) is 0.462. The second-order valence-corrected chi connectivity index (χ2v) is 6.33. The number of hydrogen-bond donors (Lipinski definition) is 1. The van der Waals surface area contributed by atoms with Crippen LogP contribution in [0.2, 0.25) is 0 Å². The van der Waals surface area contributed by atoms with Crippen LogP contribution in [0.4, 0.5) is 0 Å². The smallest absolute Gasteiger partial charge is 0.347 e. The Kier molecular flexibility index (Phi) is 5.78. The molecule has 5 nitrogen and oxygen atoms in total. The van der Waals surface area contributed by atoms with Gasteiger partial charge in [-0.05, 0) is 25.5 Å². The molecule has 0 amide bonds. The molecule has 1 heterocycles. The van der Waals surface area contributed by atoms with Crippen LogP contribution in [0, 0.1) is 6.92 Å². The molecule has 0 saturated carbocycles. The number of rotatable bonds is 7. The minimum absolute atomic E-state index is 0.423. The van der Waals surface area contributed by atoms with Gasteiger partial charge < -0.3 is 19.5 Å². The van der Waals surface area contributed by atoms with E-state index in [0.717, 1.165) is 35.3 Å². The Morgan fingerprint density at radius 1 is 1.12 bits per heavy atom. The van der Waals surface area contributed by atoms with Gasteiger partial charge in [-0.3, -0.25) is 0 Å². The van der Waals surface area contributed by atoms with Crippen molar-refractivity contribution in [1.29, 1.82) is 0 Å². The van der Waals surface area contributed by atoms with Gasteiger partial charge in [0.05, 0.1) is 13.7 Å². The molecule has 5 heteroatoms. The molecule has 1 aliphatic rings. The summed E-state index contributed by atoms with van der Waals surface area (Å²) >= 11 is 0. The fraction of sp³-hybridized carbons (Fsp3) is 0.381. The molecular weight excluding hydrogens is 330 g/mol. The predicted octanol–water partition coefficient (Wildman–Crippen LogP) is 4.00. The summed E-state index contributed by atoms with van der Waals surface area (Å²) in [5.41, 5.74) is 3.25. The Morgan fingerprint density at radius 3 is 2.46 bits per heavy atom. The van der Waals surface area contributed by atoms with Crippen LogP contribution in [-0.4, -0.2) is 19.7 Å². The molecule has 0 fully saturated rings. The van der Waals surface area contributed by atoms with Crippen molar-refractivity contribution in [2.75, 3.05) is 13.7 Å². The van der Waals surface area contributed by atoms with Crippen LogP contribution < -0.4 is 19.5 Å². The molecule has 0 saturated heterocycles. The highest BCUT2D eigenvalue weighted by atomic mass is 16.5.